The third kappa shape index (κ3) is 2.81. The van der Waals surface area contributed by atoms with Crippen LogP contribution in [0.15, 0.2) is 12.4 Å². The maximum Gasteiger partial charge on any atom is 0.321 e. The van der Waals surface area contributed by atoms with Gasteiger partial charge in [0.15, 0.2) is 0 Å². The maximum absolute atomic E-state index is 12.3. The summed E-state index contributed by atoms with van der Waals surface area (Å²) in [4.78, 5) is 10.7. The Bertz CT molecular complexity index is 278. The van der Waals surface area contributed by atoms with Gasteiger partial charge in [0.25, 0.3) is 5.91 Å². The zero-order chi connectivity index (χ0) is 9.90. The molecule has 0 spiro atoms. The quantitative estimate of drug-likeness (QED) is 0.734. The Balaban J connectivity index is 2.40. The van der Waals surface area contributed by atoms with E-state index >= 15 is 0 Å². The van der Waals surface area contributed by atoms with Crippen molar-refractivity contribution in [2.75, 3.05) is 0 Å². The van der Waals surface area contributed by atoms with Crippen molar-refractivity contribution in [1.29, 1.82) is 0 Å². The topological polar surface area (TPSA) is 57.8 Å². The van der Waals surface area contributed by atoms with Crippen molar-refractivity contribution < 1.29 is 13.6 Å². The van der Waals surface area contributed by atoms with Crippen molar-refractivity contribution in [2.24, 2.45) is 0 Å². The van der Waals surface area contributed by atoms with Gasteiger partial charge in [-0.3, -0.25) is 9.89 Å². The molecule has 0 atom stereocenters. The third-order valence-corrected chi connectivity index (χ3v) is 1.41. The van der Waals surface area contributed by atoms with Crippen molar-refractivity contribution in [3.05, 3.63) is 18.0 Å². The molecule has 2 N–H and O–H groups in total. The van der Waals surface area contributed by atoms with Gasteiger partial charge in [-0.2, -0.15) is 13.9 Å². The summed E-state index contributed by atoms with van der Waals surface area (Å²) in [5, 5.41) is 8.18. The van der Waals surface area contributed by atoms with Crippen LogP contribution in [0.4, 0.5) is 8.78 Å². The van der Waals surface area contributed by atoms with Gasteiger partial charge in [-0.1, -0.05) is 0 Å². The Morgan fingerprint density at radius 1 is 1.77 bits per heavy atom. The molecule has 0 radical (unpaired) electrons. The van der Waals surface area contributed by atoms with E-state index in [1.54, 1.807) is 0 Å². The summed E-state index contributed by atoms with van der Waals surface area (Å²) in [5.41, 5.74) is 0.651. The van der Waals surface area contributed by atoms with Crippen LogP contribution in [0.1, 0.15) is 12.5 Å². The SMILES string of the molecule is CC(F)(F)C(=O)NCc1cn[nH]c1. The standard InChI is InChI=1S/C7H9F2N3O/c1-7(8,9)6(13)10-2-5-3-11-12-4-5/h3-4H,2H2,1H3,(H,10,13)(H,11,12). The highest BCUT2D eigenvalue weighted by atomic mass is 19.3. The molecule has 0 aliphatic heterocycles. The fourth-order valence-corrected chi connectivity index (χ4v) is 0.712. The second-order valence-corrected chi connectivity index (χ2v) is 2.68. The predicted octanol–water partition coefficient (Wildman–Crippen LogP) is 0.681. The van der Waals surface area contributed by atoms with Gasteiger partial charge in [0.05, 0.1) is 6.20 Å². The molecule has 4 nitrogen and oxygen atoms in total. The molecule has 0 saturated carbocycles. The second-order valence-electron chi connectivity index (χ2n) is 2.68. The van der Waals surface area contributed by atoms with Gasteiger partial charge >= 0.3 is 5.92 Å². The van der Waals surface area contributed by atoms with Crippen LogP contribution in [0.3, 0.4) is 0 Å². The molecule has 1 amide bonds. The predicted molar refractivity (Wildman–Crippen MR) is 41.1 cm³/mol. The van der Waals surface area contributed by atoms with E-state index in [4.69, 9.17) is 0 Å². The van der Waals surface area contributed by atoms with Gasteiger partial charge in [0.1, 0.15) is 0 Å². The molecule has 1 aromatic rings. The minimum Gasteiger partial charge on any atom is -0.347 e. The Morgan fingerprint density at radius 2 is 2.46 bits per heavy atom. The van der Waals surface area contributed by atoms with Crippen molar-refractivity contribution in [2.45, 2.75) is 19.4 Å². The Kier molecular flexibility index (Phi) is 2.60. The number of carbonyl (C=O) groups is 1. The molecule has 0 aliphatic carbocycles. The summed E-state index contributed by atoms with van der Waals surface area (Å²) in [6.07, 6.45) is 2.97. The van der Waals surface area contributed by atoms with Crippen LogP contribution >= 0.6 is 0 Å². The van der Waals surface area contributed by atoms with Gasteiger partial charge in [-0.15, -0.1) is 0 Å². The van der Waals surface area contributed by atoms with Crippen LogP contribution in [-0.2, 0) is 11.3 Å². The van der Waals surface area contributed by atoms with Gasteiger partial charge in [-0.05, 0) is 0 Å². The lowest BCUT2D eigenvalue weighted by molar-refractivity contribution is -0.143. The average molecular weight is 189 g/mol. The van der Waals surface area contributed by atoms with Gasteiger partial charge in [-0.25, -0.2) is 0 Å². The molecular formula is C7H9F2N3O. The molecule has 0 fully saturated rings. The first-order chi connectivity index (χ1) is 6.00. The summed E-state index contributed by atoms with van der Waals surface area (Å²) in [5.74, 6) is -4.61. The van der Waals surface area contributed by atoms with Crippen LogP contribution in [-0.4, -0.2) is 22.0 Å². The number of nitrogens with zero attached hydrogens (tertiary/aromatic N) is 1. The van der Waals surface area contributed by atoms with Crippen molar-refractivity contribution >= 4 is 5.91 Å². The maximum atomic E-state index is 12.3. The van der Waals surface area contributed by atoms with E-state index < -0.39 is 11.8 Å². The number of amides is 1. The first-order valence-electron chi connectivity index (χ1n) is 3.64. The summed E-state index contributed by atoms with van der Waals surface area (Å²) in [6, 6.07) is 0. The number of aromatic amines is 1. The van der Waals surface area contributed by atoms with E-state index in [2.05, 4.69) is 15.5 Å². The van der Waals surface area contributed by atoms with Gasteiger partial charge in [0.2, 0.25) is 0 Å². The number of hydrogen-bond acceptors (Lipinski definition) is 2. The molecule has 0 saturated heterocycles. The Hall–Kier alpha value is -1.46. The molecular weight excluding hydrogens is 180 g/mol. The number of nitrogens with one attached hydrogen (secondary N) is 2. The minimum absolute atomic E-state index is 0.0543. The largest absolute Gasteiger partial charge is 0.347 e. The third-order valence-electron chi connectivity index (χ3n) is 1.41. The Morgan fingerprint density at radius 3 is 2.92 bits per heavy atom. The number of H-pyrrole nitrogens is 1. The highest BCUT2D eigenvalue weighted by molar-refractivity contribution is 5.82. The van der Waals surface area contributed by atoms with Crippen LogP contribution < -0.4 is 5.32 Å². The molecule has 0 aliphatic rings. The number of rotatable bonds is 3. The molecule has 13 heavy (non-hydrogen) atoms. The lowest BCUT2D eigenvalue weighted by Crippen LogP contribution is -2.37. The fourth-order valence-electron chi connectivity index (χ4n) is 0.712. The van der Waals surface area contributed by atoms with Gasteiger partial charge in [0, 0.05) is 25.2 Å². The van der Waals surface area contributed by atoms with Gasteiger partial charge < -0.3 is 5.32 Å². The summed E-state index contributed by atoms with van der Waals surface area (Å²) >= 11 is 0. The van der Waals surface area contributed by atoms with E-state index in [-0.39, 0.29) is 6.54 Å². The molecule has 1 heterocycles. The van der Waals surface area contributed by atoms with Crippen molar-refractivity contribution in [3.63, 3.8) is 0 Å². The first-order valence-corrected chi connectivity index (χ1v) is 3.64. The average Bonchev–Trinajstić information content (AvgIpc) is 2.50. The molecule has 0 aromatic carbocycles. The number of carbonyl (C=O) groups excluding carboxylic acids is 1. The van der Waals surface area contributed by atoms with E-state index in [0.29, 0.717) is 12.5 Å². The molecule has 1 rings (SSSR count). The summed E-state index contributed by atoms with van der Waals surface area (Å²) in [6.45, 7) is 0.608. The highest BCUT2D eigenvalue weighted by Gasteiger charge is 2.31. The summed E-state index contributed by atoms with van der Waals surface area (Å²) in [7, 11) is 0. The fraction of sp³-hybridized carbons (Fsp3) is 0.429. The van der Waals surface area contributed by atoms with E-state index in [9.17, 15) is 13.6 Å². The van der Waals surface area contributed by atoms with Crippen molar-refractivity contribution in [3.8, 4) is 0 Å². The monoisotopic (exact) mass is 189 g/mol. The zero-order valence-corrected chi connectivity index (χ0v) is 6.97. The van der Waals surface area contributed by atoms with E-state index in [1.807, 2.05) is 0 Å². The lowest BCUT2D eigenvalue weighted by Gasteiger charge is -2.09. The number of alkyl halides is 2. The smallest absolute Gasteiger partial charge is 0.321 e. The first kappa shape index (κ1) is 9.63. The van der Waals surface area contributed by atoms with Crippen LogP contribution in [0.5, 0.6) is 0 Å². The number of hydrogen-bond donors (Lipinski definition) is 2. The number of halogens is 2. The lowest BCUT2D eigenvalue weighted by atomic mass is 10.3. The molecule has 1 aromatic heterocycles. The summed E-state index contributed by atoms with van der Waals surface area (Å²) < 4.78 is 24.6. The second kappa shape index (κ2) is 3.51. The Labute approximate surface area is 73.3 Å². The molecule has 0 unspecified atom stereocenters. The van der Waals surface area contributed by atoms with E-state index in [0.717, 1.165) is 0 Å². The van der Waals surface area contributed by atoms with Crippen molar-refractivity contribution in [1.82, 2.24) is 15.5 Å². The number of aromatic nitrogens is 2. The van der Waals surface area contributed by atoms with Crippen LogP contribution in [0.25, 0.3) is 0 Å². The molecule has 72 valence electrons. The van der Waals surface area contributed by atoms with E-state index in [1.165, 1.54) is 12.4 Å². The van der Waals surface area contributed by atoms with Crippen LogP contribution in [0, 0.1) is 0 Å². The normalized spacial score (nSPS) is 11.3. The zero-order valence-electron chi connectivity index (χ0n) is 6.97. The minimum atomic E-state index is -3.33. The molecule has 0 bridgehead atoms. The molecule has 6 heteroatoms. The van der Waals surface area contributed by atoms with Crippen LogP contribution in [0.2, 0.25) is 0 Å². The highest BCUT2D eigenvalue weighted by Crippen LogP contribution is 2.11.